The van der Waals surface area contributed by atoms with E-state index in [0.717, 1.165) is 23.8 Å². The standard InChI is InChI=1S/C20H19N3O4/c1-3-4-13-10-19(24)22-17-11-15(7-8-16(13)17)21-20(25)14-6-5-12(2)18(9-14)23(26)27/h5-11H,3-4H2,1-2H3,(H,21,25)(H,22,24). The number of nitro benzene ring substituents is 1. The van der Waals surface area contributed by atoms with Crippen molar-refractivity contribution in [3.63, 3.8) is 0 Å². The first kappa shape index (κ1) is 18.3. The second kappa shape index (κ2) is 7.41. The number of carbonyl (C=O) groups excluding carboxylic acids is 1. The first-order valence-corrected chi connectivity index (χ1v) is 8.61. The zero-order valence-corrected chi connectivity index (χ0v) is 15.0. The minimum Gasteiger partial charge on any atom is -0.322 e. The predicted molar refractivity (Wildman–Crippen MR) is 104 cm³/mol. The summed E-state index contributed by atoms with van der Waals surface area (Å²) in [7, 11) is 0. The van der Waals surface area contributed by atoms with Gasteiger partial charge in [0.1, 0.15) is 0 Å². The fourth-order valence-corrected chi connectivity index (χ4v) is 3.04. The highest BCUT2D eigenvalue weighted by Crippen LogP contribution is 2.23. The van der Waals surface area contributed by atoms with Gasteiger partial charge >= 0.3 is 0 Å². The normalized spacial score (nSPS) is 10.7. The van der Waals surface area contributed by atoms with E-state index in [1.54, 1.807) is 37.3 Å². The van der Waals surface area contributed by atoms with Gasteiger partial charge in [-0.15, -0.1) is 0 Å². The van der Waals surface area contributed by atoms with E-state index in [1.165, 1.54) is 6.07 Å². The van der Waals surface area contributed by atoms with Gasteiger partial charge in [0.05, 0.1) is 10.4 Å². The molecule has 1 aromatic heterocycles. The maximum atomic E-state index is 12.5. The number of anilines is 1. The number of pyridine rings is 1. The number of aryl methyl sites for hydroxylation is 2. The molecule has 0 radical (unpaired) electrons. The number of rotatable bonds is 5. The topological polar surface area (TPSA) is 105 Å². The number of nitrogens with one attached hydrogen (secondary N) is 2. The maximum Gasteiger partial charge on any atom is 0.273 e. The van der Waals surface area contributed by atoms with Crippen LogP contribution in [0.5, 0.6) is 0 Å². The van der Waals surface area contributed by atoms with Crippen molar-refractivity contribution < 1.29 is 9.72 Å². The summed E-state index contributed by atoms with van der Waals surface area (Å²) in [4.78, 5) is 37.7. The third-order valence-electron chi connectivity index (χ3n) is 4.37. The number of aromatic amines is 1. The smallest absolute Gasteiger partial charge is 0.273 e. The first-order chi connectivity index (χ1) is 12.9. The Morgan fingerprint density at radius 3 is 2.67 bits per heavy atom. The summed E-state index contributed by atoms with van der Waals surface area (Å²) >= 11 is 0. The molecule has 0 aliphatic rings. The van der Waals surface area contributed by atoms with Crippen LogP contribution >= 0.6 is 0 Å². The molecule has 0 aliphatic carbocycles. The van der Waals surface area contributed by atoms with Crippen LogP contribution in [-0.2, 0) is 6.42 Å². The molecule has 0 fully saturated rings. The van der Waals surface area contributed by atoms with Crippen LogP contribution in [0.3, 0.4) is 0 Å². The SMILES string of the molecule is CCCc1cc(=O)[nH]c2cc(NC(=O)c3ccc(C)c([N+](=O)[O-])c3)ccc12. The maximum absolute atomic E-state index is 12.5. The summed E-state index contributed by atoms with van der Waals surface area (Å²) < 4.78 is 0. The average Bonchev–Trinajstić information content (AvgIpc) is 2.61. The molecule has 0 saturated heterocycles. The van der Waals surface area contributed by atoms with Crippen LogP contribution in [-0.4, -0.2) is 15.8 Å². The van der Waals surface area contributed by atoms with Crippen LogP contribution < -0.4 is 10.9 Å². The van der Waals surface area contributed by atoms with E-state index in [2.05, 4.69) is 10.3 Å². The molecule has 1 heterocycles. The molecule has 3 aromatic rings. The number of aromatic nitrogens is 1. The number of nitrogens with zero attached hydrogens (tertiary/aromatic N) is 1. The monoisotopic (exact) mass is 365 g/mol. The van der Waals surface area contributed by atoms with Gasteiger partial charge in [-0.3, -0.25) is 19.7 Å². The number of H-pyrrole nitrogens is 1. The number of nitro groups is 1. The second-order valence-electron chi connectivity index (χ2n) is 6.38. The third-order valence-corrected chi connectivity index (χ3v) is 4.37. The molecule has 0 aliphatic heterocycles. The van der Waals surface area contributed by atoms with Gasteiger partial charge in [0.15, 0.2) is 0 Å². The third kappa shape index (κ3) is 3.87. The molecule has 1 amide bonds. The second-order valence-corrected chi connectivity index (χ2v) is 6.38. The van der Waals surface area contributed by atoms with Gasteiger partial charge in [-0.1, -0.05) is 25.5 Å². The number of hydrogen-bond acceptors (Lipinski definition) is 4. The number of hydrogen-bond donors (Lipinski definition) is 2. The fourth-order valence-electron chi connectivity index (χ4n) is 3.04. The highest BCUT2D eigenvalue weighted by Gasteiger charge is 2.15. The van der Waals surface area contributed by atoms with Crippen molar-refractivity contribution in [2.75, 3.05) is 5.32 Å². The molecule has 7 nitrogen and oxygen atoms in total. The van der Waals surface area contributed by atoms with E-state index in [4.69, 9.17) is 0 Å². The molecule has 0 unspecified atom stereocenters. The molecule has 2 N–H and O–H groups in total. The van der Waals surface area contributed by atoms with E-state index >= 15 is 0 Å². The van der Waals surface area contributed by atoms with Gasteiger partial charge in [0.25, 0.3) is 11.6 Å². The zero-order valence-electron chi connectivity index (χ0n) is 15.0. The van der Waals surface area contributed by atoms with Crippen LogP contribution in [0.4, 0.5) is 11.4 Å². The molecule has 138 valence electrons. The van der Waals surface area contributed by atoms with Crippen molar-refractivity contribution in [3.05, 3.63) is 79.6 Å². The summed E-state index contributed by atoms with van der Waals surface area (Å²) in [5.41, 5.74) is 2.49. The quantitative estimate of drug-likeness (QED) is 0.527. The van der Waals surface area contributed by atoms with Crippen molar-refractivity contribution in [1.82, 2.24) is 4.98 Å². The molecule has 27 heavy (non-hydrogen) atoms. The van der Waals surface area contributed by atoms with Crippen LogP contribution in [0.25, 0.3) is 10.9 Å². The number of carbonyl (C=O) groups is 1. The Kier molecular flexibility index (Phi) is 5.03. The molecule has 2 aromatic carbocycles. The Labute approximate surface area is 155 Å². The highest BCUT2D eigenvalue weighted by atomic mass is 16.6. The molecule has 3 rings (SSSR count). The van der Waals surface area contributed by atoms with Crippen molar-refractivity contribution in [2.24, 2.45) is 0 Å². The first-order valence-electron chi connectivity index (χ1n) is 8.61. The largest absolute Gasteiger partial charge is 0.322 e. The fraction of sp³-hybridized carbons (Fsp3) is 0.200. The summed E-state index contributed by atoms with van der Waals surface area (Å²) in [6.07, 6.45) is 1.71. The molecule has 0 saturated carbocycles. The van der Waals surface area contributed by atoms with E-state index in [9.17, 15) is 19.7 Å². The Hall–Kier alpha value is -3.48. The predicted octanol–water partition coefficient (Wildman–Crippen LogP) is 3.95. The summed E-state index contributed by atoms with van der Waals surface area (Å²) in [6.45, 7) is 3.66. The van der Waals surface area contributed by atoms with Crippen molar-refractivity contribution >= 4 is 28.2 Å². The molecule has 0 atom stereocenters. The van der Waals surface area contributed by atoms with Gasteiger partial charge in [-0.25, -0.2) is 0 Å². The van der Waals surface area contributed by atoms with Gasteiger partial charge in [-0.05, 0) is 37.1 Å². The van der Waals surface area contributed by atoms with Crippen molar-refractivity contribution in [3.8, 4) is 0 Å². The van der Waals surface area contributed by atoms with Gasteiger partial charge in [0, 0.05) is 34.3 Å². The van der Waals surface area contributed by atoms with Crippen LogP contribution in [0.1, 0.15) is 34.8 Å². The van der Waals surface area contributed by atoms with Crippen LogP contribution in [0.15, 0.2) is 47.3 Å². The molecule has 0 bridgehead atoms. The van der Waals surface area contributed by atoms with E-state index in [0.29, 0.717) is 16.8 Å². The van der Waals surface area contributed by atoms with Crippen molar-refractivity contribution in [1.29, 1.82) is 0 Å². The van der Waals surface area contributed by atoms with Gasteiger partial charge < -0.3 is 10.3 Å². The summed E-state index contributed by atoms with van der Waals surface area (Å²) in [6, 6.07) is 11.2. The van der Waals surface area contributed by atoms with Crippen molar-refractivity contribution in [2.45, 2.75) is 26.7 Å². The van der Waals surface area contributed by atoms with E-state index in [-0.39, 0.29) is 16.8 Å². The number of benzene rings is 2. The lowest BCUT2D eigenvalue weighted by molar-refractivity contribution is -0.385. The minimum atomic E-state index is -0.512. The lowest BCUT2D eigenvalue weighted by Crippen LogP contribution is -2.13. The Morgan fingerprint density at radius 1 is 1.19 bits per heavy atom. The molecular weight excluding hydrogens is 346 g/mol. The Balaban J connectivity index is 1.92. The van der Waals surface area contributed by atoms with Gasteiger partial charge in [-0.2, -0.15) is 0 Å². The number of fused-ring (bicyclic) bond motifs is 1. The lowest BCUT2D eigenvalue weighted by atomic mass is 10.0. The van der Waals surface area contributed by atoms with E-state index in [1.807, 2.05) is 13.0 Å². The van der Waals surface area contributed by atoms with Gasteiger partial charge in [0.2, 0.25) is 5.56 Å². The average molecular weight is 365 g/mol. The Morgan fingerprint density at radius 2 is 1.96 bits per heavy atom. The van der Waals surface area contributed by atoms with Crippen LogP contribution in [0.2, 0.25) is 0 Å². The summed E-state index contributed by atoms with van der Waals surface area (Å²) in [5.74, 6) is -0.454. The Bertz CT molecular complexity index is 1100. The summed E-state index contributed by atoms with van der Waals surface area (Å²) in [5, 5.41) is 14.7. The minimum absolute atomic E-state index is 0.102. The van der Waals surface area contributed by atoms with Crippen LogP contribution in [0, 0.1) is 17.0 Å². The number of amides is 1. The highest BCUT2D eigenvalue weighted by molar-refractivity contribution is 6.05. The molecular formula is C20H19N3O4. The molecule has 0 spiro atoms. The lowest BCUT2D eigenvalue weighted by Gasteiger charge is -2.09. The molecule has 7 heteroatoms. The van der Waals surface area contributed by atoms with E-state index < -0.39 is 10.8 Å². The zero-order chi connectivity index (χ0) is 19.6.